The molecule has 1 atom stereocenters. The maximum atomic E-state index is 13.2. The number of hydrogen-bond acceptors (Lipinski definition) is 7. The SMILES string of the molecule is COC(=O)COc1cc2c(cc1Cl)NCC(C(=O)N1CCC(C#N)(Cc3ccc(F)cc3)CC1)O2. The Balaban J connectivity index is 1.38. The smallest absolute Gasteiger partial charge is 0.343 e. The number of nitrogens with one attached hydrogen (secondary N) is 1. The number of carbonyl (C=O) groups is 2. The lowest BCUT2D eigenvalue weighted by atomic mass is 9.75. The van der Waals surface area contributed by atoms with E-state index in [2.05, 4.69) is 16.1 Å². The van der Waals surface area contributed by atoms with E-state index >= 15 is 0 Å². The van der Waals surface area contributed by atoms with Crippen molar-refractivity contribution in [3.05, 3.63) is 52.8 Å². The molecule has 0 spiro atoms. The molecule has 0 aromatic heterocycles. The minimum atomic E-state index is -0.760. The lowest BCUT2D eigenvalue weighted by molar-refractivity contribution is -0.143. The molecule has 0 aliphatic carbocycles. The zero-order valence-electron chi connectivity index (χ0n) is 19.2. The van der Waals surface area contributed by atoms with Crippen LogP contribution in [0.4, 0.5) is 10.1 Å². The summed E-state index contributed by atoms with van der Waals surface area (Å²) in [6.45, 7) is 0.806. The molecule has 0 saturated carbocycles. The summed E-state index contributed by atoms with van der Waals surface area (Å²) in [5, 5.41) is 13.3. The molecule has 2 aromatic rings. The number of likely N-dealkylation sites (tertiary alicyclic amines) is 1. The van der Waals surface area contributed by atoms with Gasteiger partial charge in [-0.2, -0.15) is 5.26 Å². The molecule has 1 amide bonds. The molecule has 2 aliphatic rings. The van der Waals surface area contributed by atoms with Crippen molar-refractivity contribution in [3.63, 3.8) is 0 Å². The predicted molar refractivity (Wildman–Crippen MR) is 126 cm³/mol. The standard InChI is InChI=1S/C25H25ClFN3O5/c1-33-23(31)14-34-20-11-21-19(10-18(20)26)29-13-22(35-21)24(32)30-8-6-25(15-28,7-9-30)12-16-2-4-17(27)5-3-16/h2-5,10-11,22,29H,6-9,12-14H2,1H3. The molecule has 0 radical (unpaired) electrons. The second kappa shape index (κ2) is 10.4. The number of amides is 1. The fourth-order valence-electron chi connectivity index (χ4n) is 4.29. The highest BCUT2D eigenvalue weighted by atomic mass is 35.5. The van der Waals surface area contributed by atoms with Crippen LogP contribution in [-0.4, -0.2) is 56.2 Å². The quantitative estimate of drug-likeness (QED) is 0.604. The van der Waals surface area contributed by atoms with Gasteiger partial charge in [0.15, 0.2) is 12.7 Å². The van der Waals surface area contributed by atoms with Gasteiger partial charge in [0.25, 0.3) is 5.91 Å². The van der Waals surface area contributed by atoms with Crippen LogP contribution >= 0.6 is 11.6 Å². The van der Waals surface area contributed by atoms with E-state index in [0.29, 0.717) is 48.8 Å². The molecule has 0 bridgehead atoms. The second-order valence-corrected chi connectivity index (χ2v) is 9.06. The Morgan fingerprint density at radius 1 is 1.29 bits per heavy atom. The number of nitrogens with zero attached hydrogens (tertiary/aromatic N) is 2. The summed E-state index contributed by atoms with van der Waals surface area (Å²) in [7, 11) is 1.26. The fourth-order valence-corrected chi connectivity index (χ4v) is 4.51. The summed E-state index contributed by atoms with van der Waals surface area (Å²) in [6.07, 6.45) is 0.786. The van der Waals surface area contributed by atoms with Crippen LogP contribution in [0.15, 0.2) is 36.4 Å². The van der Waals surface area contributed by atoms with Crippen LogP contribution in [0, 0.1) is 22.6 Å². The number of anilines is 1. The van der Waals surface area contributed by atoms with Crippen LogP contribution in [-0.2, 0) is 20.7 Å². The highest BCUT2D eigenvalue weighted by Gasteiger charge is 2.39. The minimum absolute atomic E-state index is 0.177. The first kappa shape index (κ1) is 24.6. The summed E-state index contributed by atoms with van der Waals surface area (Å²) in [4.78, 5) is 26.3. The average molecular weight is 502 g/mol. The number of methoxy groups -OCH3 is 1. The Kier molecular flexibility index (Phi) is 7.31. The summed E-state index contributed by atoms with van der Waals surface area (Å²) >= 11 is 6.22. The van der Waals surface area contributed by atoms with E-state index in [-0.39, 0.29) is 30.6 Å². The zero-order chi connectivity index (χ0) is 25.0. The Hall–Kier alpha value is -3.51. The van der Waals surface area contributed by atoms with E-state index in [1.54, 1.807) is 23.1 Å². The van der Waals surface area contributed by atoms with Gasteiger partial charge in [0, 0.05) is 19.2 Å². The molecule has 2 heterocycles. The van der Waals surface area contributed by atoms with Crippen LogP contribution in [0.25, 0.3) is 0 Å². The Morgan fingerprint density at radius 3 is 2.66 bits per heavy atom. The monoisotopic (exact) mass is 501 g/mol. The van der Waals surface area contributed by atoms with Gasteiger partial charge in [0.1, 0.15) is 17.3 Å². The van der Waals surface area contributed by atoms with Gasteiger partial charge in [-0.3, -0.25) is 4.79 Å². The van der Waals surface area contributed by atoms with Crippen molar-refractivity contribution in [3.8, 4) is 17.6 Å². The number of carbonyl (C=O) groups excluding carboxylic acids is 2. The van der Waals surface area contributed by atoms with E-state index < -0.39 is 17.5 Å². The van der Waals surface area contributed by atoms with Gasteiger partial charge >= 0.3 is 5.97 Å². The molecule has 1 fully saturated rings. The highest BCUT2D eigenvalue weighted by Crippen LogP contribution is 2.39. The van der Waals surface area contributed by atoms with Crippen molar-refractivity contribution in [2.24, 2.45) is 5.41 Å². The van der Waals surface area contributed by atoms with E-state index in [0.717, 1.165) is 5.56 Å². The first-order chi connectivity index (χ1) is 16.8. The molecule has 35 heavy (non-hydrogen) atoms. The van der Waals surface area contributed by atoms with E-state index in [9.17, 15) is 19.2 Å². The molecule has 1 N–H and O–H groups in total. The van der Waals surface area contributed by atoms with Crippen LogP contribution in [0.2, 0.25) is 5.02 Å². The number of rotatable bonds is 6. The predicted octanol–water partition coefficient (Wildman–Crippen LogP) is 3.58. The number of nitriles is 1. The largest absolute Gasteiger partial charge is 0.480 e. The Morgan fingerprint density at radius 2 is 2.00 bits per heavy atom. The Labute approximate surface area is 207 Å². The van der Waals surface area contributed by atoms with Gasteiger partial charge in [-0.15, -0.1) is 0 Å². The minimum Gasteiger partial charge on any atom is -0.480 e. The number of piperidine rings is 1. The molecule has 10 heteroatoms. The first-order valence-corrected chi connectivity index (χ1v) is 11.6. The summed E-state index contributed by atoms with van der Waals surface area (Å²) in [6, 6.07) is 11.8. The van der Waals surface area contributed by atoms with Gasteiger partial charge in [-0.25, -0.2) is 9.18 Å². The van der Waals surface area contributed by atoms with Crippen LogP contribution in [0.5, 0.6) is 11.5 Å². The summed E-state index contributed by atoms with van der Waals surface area (Å²) in [5.74, 6) is -0.415. The van der Waals surface area contributed by atoms with Gasteiger partial charge in [-0.05, 0) is 43.0 Å². The third-order valence-corrected chi connectivity index (χ3v) is 6.65. The number of halogens is 2. The van der Waals surface area contributed by atoms with Crippen molar-refractivity contribution in [2.45, 2.75) is 25.4 Å². The first-order valence-electron chi connectivity index (χ1n) is 11.2. The van der Waals surface area contributed by atoms with Gasteiger partial charge in [-0.1, -0.05) is 23.7 Å². The second-order valence-electron chi connectivity index (χ2n) is 8.65. The maximum absolute atomic E-state index is 13.2. The lowest BCUT2D eigenvalue weighted by Crippen LogP contribution is -2.51. The van der Waals surface area contributed by atoms with Crippen molar-refractivity contribution in [1.29, 1.82) is 5.26 Å². The molecule has 184 valence electrons. The molecule has 1 saturated heterocycles. The zero-order valence-corrected chi connectivity index (χ0v) is 19.9. The molecule has 8 nitrogen and oxygen atoms in total. The van der Waals surface area contributed by atoms with Crippen LogP contribution < -0.4 is 14.8 Å². The van der Waals surface area contributed by atoms with Gasteiger partial charge in [0.05, 0.1) is 35.8 Å². The molecule has 4 rings (SSSR count). The number of hydrogen-bond donors (Lipinski definition) is 1. The summed E-state index contributed by atoms with van der Waals surface area (Å²) < 4.78 is 29.1. The molecule has 2 aliphatic heterocycles. The lowest BCUT2D eigenvalue weighted by Gasteiger charge is -2.39. The summed E-state index contributed by atoms with van der Waals surface area (Å²) in [5.41, 5.74) is 0.911. The van der Waals surface area contributed by atoms with Crippen molar-refractivity contribution < 1.29 is 28.2 Å². The van der Waals surface area contributed by atoms with Crippen molar-refractivity contribution in [1.82, 2.24) is 4.90 Å². The maximum Gasteiger partial charge on any atom is 0.343 e. The third kappa shape index (κ3) is 5.60. The number of benzene rings is 2. The normalized spacial score (nSPS) is 18.3. The van der Waals surface area contributed by atoms with E-state index in [4.69, 9.17) is 21.1 Å². The number of ether oxygens (including phenoxy) is 3. The van der Waals surface area contributed by atoms with E-state index in [1.165, 1.54) is 25.3 Å². The molecule has 1 unspecified atom stereocenters. The molecule has 2 aromatic carbocycles. The fraction of sp³-hybridized carbons (Fsp3) is 0.400. The van der Waals surface area contributed by atoms with E-state index in [1.807, 2.05) is 0 Å². The Bertz CT molecular complexity index is 1140. The van der Waals surface area contributed by atoms with Gasteiger partial charge in [0.2, 0.25) is 0 Å². The molecular formula is C25H25ClFN3O5. The van der Waals surface area contributed by atoms with Crippen molar-refractivity contribution in [2.75, 3.05) is 38.7 Å². The number of esters is 1. The van der Waals surface area contributed by atoms with Gasteiger partial charge < -0.3 is 24.4 Å². The third-order valence-electron chi connectivity index (χ3n) is 6.36. The highest BCUT2D eigenvalue weighted by molar-refractivity contribution is 6.32. The molecular weight excluding hydrogens is 477 g/mol. The topological polar surface area (TPSA) is 101 Å². The average Bonchev–Trinajstić information content (AvgIpc) is 2.88. The van der Waals surface area contributed by atoms with Crippen LogP contribution in [0.3, 0.4) is 0 Å². The number of fused-ring (bicyclic) bond motifs is 1. The van der Waals surface area contributed by atoms with Crippen LogP contribution in [0.1, 0.15) is 18.4 Å². The van der Waals surface area contributed by atoms with Crippen molar-refractivity contribution >= 4 is 29.2 Å².